The standard InChI is InChI=1S/C20H20F3N3O4/c21-20(22,23)14-5-10-19(24-12-14)30-16-8-6-15(7-9-16)25-18(27)11-13-3-1-2-4-17(13)26(28)29/h1-5,10,12,15-16H,6-9,11H2,(H,25,27). The number of hydrogen-bond acceptors (Lipinski definition) is 5. The van der Waals surface area contributed by atoms with Crippen molar-refractivity contribution >= 4 is 11.6 Å². The van der Waals surface area contributed by atoms with E-state index >= 15 is 0 Å². The Hall–Kier alpha value is -3.17. The number of rotatable bonds is 6. The van der Waals surface area contributed by atoms with Gasteiger partial charge in [0.25, 0.3) is 5.69 Å². The van der Waals surface area contributed by atoms with E-state index in [1.54, 1.807) is 18.2 Å². The Kier molecular flexibility index (Phi) is 6.53. The highest BCUT2D eigenvalue weighted by Gasteiger charge is 2.31. The van der Waals surface area contributed by atoms with Crippen molar-refractivity contribution in [2.45, 2.75) is 50.4 Å². The van der Waals surface area contributed by atoms with Gasteiger partial charge in [-0.3, -0.25) is 14.9 Å². The highest BCUT2D eigenvalue weighted by Crippen LogP contribution is 2.30. The summed E-state index contributed by atoms with van der Waals surface area (Å²) < 4.78 is 43.4. The van der Waals surface area contributed by atoms with Gasteiger partial charge in [-0.25, -0.2) is 4.98 Å². The topological polar surface area (TPSA) is 94.4 Å². The Morgan fingerprint density at radius 2 is 1.87 bits per heavy atom. The fourth-order valence-electron chi connectivity index (χ4n) is 3.40. The van der Waals surface area contributed by atoms with E-state index in [-0.39, 0.29) is 36.0 Å². The van der Waals surface area contributed by atoms with Gasteiger partial charge in [0.1, 0.15) is 6.10 Å². The first-order valence-electron chi connectivity index (χ1n) is 9.44. The van der Waals surface area contributed by atoms with Crippen LogP contribution in [0.15, 0.2) is 42.6 Å². The molecule has 0 unspecified atom stereocenters. The van der Waals surface area contributed by atoms with Crippen LogP contribution in [-0.2, 0) is 17.4 Å². The number of benzene rings is 1. The van der Waals surface area contributed by atoms with Crippen molar-refractivity contribution in [1.29, 1.82) is 0 Å². The third-order valence-electron chi connectivity index (χ3n) is 4.93. The van der Waals surface area contributed by atoms with Crippen LogP contribution in [0.1, 0.15) is 36.8 Å². The Morgan fingerprint density at radius 3 is 2.47 bits per heavy atom. The Balaban J connectivity index is 1.46. The number of ether oxygens (including phenoxy) is 1. The van der Waals surface area contributed by atoms with Crippen LogP contribution >= 0.6 is 0 Å². The molecule has 1 saturated carbocycles. The molecular weight excluding hydrogens is 403 g/mol. The van der Waals surface area contributed by atoms with Gasteiger partial charge in [-0.15, -0.1) is 0 Å². The molecule has 1 fully saturated rings. The molecule has 1 aromatic carbocycles. The van der Waals surface area contributed by atoms with Crippen molar-refractivity contribution in [3.8, 4) is 5.88 Å². The molecule has 0 radical (unpaired) electrons. The number of nitro groups is 1. The molecule has 7 nitrogen and oxygen atoms in total. The minimum atomic E-state index is -4.44. The summed E-state index contributed by atoms with van der Waals surface area (Å²) in [6.45, 7) is 0. The van der Waals surface area contributed by atoms with Gasteiger partial charge >= 0.3 is 6.18 Å². The van der Waals surface area contributed by atoms with Crippen LogP contribution in [0.5, 0.6) is 5.88 Å². The number of nitrogens with zero attached hydrogens (tertiary/aromatic N) is 2. The zero-order chi connectivity index (χ0) is 21.7. The SMILES string of the molecule is O=C(Cc1ccccc1[N+](=O)[O-])NC1CCC(Oc2ccc(C(F)(F)F)cn2)CC1. The molecule has 0 bridgehead atoms. The van der Waals surface area contributed by atoms with Crippen LogP contribution in [-0.4, -0.2) is 28.0 Å². The van der Waals surface area contributed by atoms with E-state index in [2.05, 4.69) is 10.3 Å². The molecule has 1 N–H and O–H groups in total. The van der Waals surface area contributed by atoms with E-state index in [0.717, 1.165) is 12.3 Å². The van der Waals surface area contributed by atoms with Crippen molar-refractivity contribution in [3.05, 3.63) is 63.8 Å². The van der Waals surface area contributed by atoms with Crippen LogP contribution in [0, 0.1) is 10.1 Å². The second kappa shape index (κ2) is 9.10. The normalized spacial score (nSPS) is 19.2. The summed E-state index contributed by atoms with van der Waals surface area (Å²) in [5, 5.41) is 13.9. The number of halogens is 3. The van der Waals surface area contributed by atoms with Gasteiger partial charge in [0.05, 0.1) is 16.9 Å². The number of aromatic nitrogens is 1. The van der Waals surface area contributed by atoms with Gasteiger partial charge in [0, 0.05) is 29.9 Å². The first-order valence-corrected chi connectivity index (χ1v) is 9.44. The maximum absolute atomic E-state index is 12.6. The predicted molar refractivity (Wildman–Crippen MR) is 101 cm³/mol. The zero-order valence-corrected chi connectivity index (χ0v) is 15.9. The third kappa shape index (κ3) is 5.68. The molecule has 2 aromatic rings. The number of nitro benzene ring substituents is 1. The second-order valence-electron chi connectivity index (χ2n) is 7.10. The lowest BCUT2D eigenvalue weighted by molar-refractivity contribution is -0.385. The van der Waals surface area contributed by atoms with Gasteiger partial charge in [-0.1, -0.05) is 18.2 Å². The molecular formula is C20H20F3N3O4. The predicted octanol–water partition coefficient (Wildman–Crippen LogP) is 4.06. The number of pyridine rings is 1. The van der Waals surface area contributed by atoms with Crippen molar-refractivity contribution in [2.24, 2.45) is 0 Å². The Morgan fingerprint density at radius 1 is 1.17 bits per heavy atom. The van der Waals surface area contributed by atoms with E-state index in [1.165, 1.54) is 12.1 Å². The molecule has 0 saturated heterocycles. The van der Waals surface area contributed by atoms with Crippen LogP contribution in [0.2, 0.25) is 0 Å². The fourth-order valence-corrected chi connectivity index (χ4v) is 3.40. The number of alkyl halides is 3. The summed E-state index contributed by atoms with van der Waals surface area (Å²) in [7, 11) is 0. The maximum atomic E-state index is 12.6. The third-order valence-corrected chi connectivity index (χ3v) is 4.93. The molecule has 10 heteroatoms. The largest absolute Gasteiger partial charge is 0.474 e. The van der Waals surface area contributed by atoms with Crippen molar-refractivity contribution < 1.29 is 27.6 Å². The number of amides is 1. The van der Waals surface area contributed by atoms with E-state index in [4.69, 9.17) is 4.74 Å². The van der Waals surface area contributed by atoms with Crippen molar-refractivity contribution in [3.63, 3.8) is 0 Å². The minimum Gasteiger partial charge on any atom is -0.474 e. The summed E-state index contributed by atoms with van der Waals surface area (Å²) in [5.74, 6) is -0.162. The van der Waals surface area contributed by atoms with Gasteiger partial charge < -0.3 is 10.1 Å². The van der Waals surface area contributed by atoms with Gasteiger partial charge in [-0.05, 0) is 31.7 Å². The average Bonchev–Trinajstić information content (AvgIpc) is 2.69. The molecule has 0 atom stereocenters. The lowest BCUT2D eigenvalue weighted by Gasteiger charge is -2.29. The summed E-state index contributed by atoms with van der Waals surface area (Å²) in [5.41, 5.74) is -0.570. The van der Waals surface area contributed by atoms with E-state index in [1.807, 2.05) is 0 Å². The molecule has 0 spiro atoms. The fraction of sp³-hybridized carbons (Fsp3) is 0.400. The van der Waals surface area contributed by atoms with Crippen LogP contribution in [0.25, 0.3) is 0 Å². The lowest BCUT2D eigenvalue weighted by atomic mass is 9.92. The highest BCUT2D eigenvalue weighted by atomic mass is 19.4. The molecule has 1 aliphatic rings. The summed E-state index contributed by atoms with van der Waals surface area (Å²) >= 11 is 0. The maximum Gasteiger partial charge on any atom is 0.417 e. The van der Waals surface area contributed by atoms with E-state index < -0.39 is 16.7 Å². The number of para-hydroxylation sites is 1. The number of nitrogens with one attached hydrogen (secondary N) is 1. The second-order valence-corrected chi connectivity index (χ2v) is 7.10. The average molecular weight is 423 g/mol. The molecule has 1 aliphatic carbocycles. The van der Waals surface area contributed by atoms with Crippen molar-refractivity contribution in [1.82, 2.24) is 10.3 Å². The lowest BCUT2D eigenvalue weighted by Crippen LogP contribution is -2.40. The number of carbonyl (C=O) groups is 1. The summed E-state index contributed by atoms with van der Waals surface area (Å²) in [6, 6.07) is 8.15. The Bertz CT molecular complexity index is 895. The van der Waals surface area contributed by atoms with E-state index in [0.29, 0.717) is 31.2 Å². The Labute approximate surface area is 170 Å². The quantitative estimate of drug-likeness (QED) is 0.559. The number of hydrogen-bond donors (Lipinski definition) is 1. The monoisotopic (exact) mass is 423 g/mol. The van der Waals surface area contributed by atoms with Gasteiger partial charge in [-0.2, -0.15) is 13.2 Å². The first kappa shape index (κ1) is 21.5. The van der Waals surface area contributed by atoms with Crippen LogP contribution in [0.3, 0.4) is 0 Å². The van der Waals surface area contributed by atoms with Gasteiger partial charge in [0.15, 0.2) is 0 Å². The molecule has 0 aliphatic heterocycles. The van der Waals surface area contributed by atoms with Gasteiger partial charge in [0.2, 0.25) is 11.8 Å². The van der Waals surface area contributed by atoms with Crippen LogP contribution in [0.4, 0.5) is 18.9 Å². The molecule has 160 valence electrons. The van der Waals surface area contributed by atoms with Crippen LogP contribution < -0.4 is 10.1 Å². The highest BCUT2D eigenvalue weighted by molar-refractivity contribution is 5.80. The molecule has 30 heavy (non-hydrogen) atoms. The van der Waals surface area contributed by atoms with E-state index in [9.17, 15) is 28.1 Å². The van der Waals surface area contributed by atoms with Crippen molar-refractivity contribution in [2.75, 3.05) is 0 Å². The smallest absolute Gasteiger partial charge is 0.417 e. The first-order chi connectivity index (χ1) is 14.2. The minimum absolute atomic E-state index is 0.0803. The molecule has 3 rings (SSSR count). The number of carbonyl (C=O) groups excluding carboxylic acids is 1. The molecule has 1 heterocycles. The summed E-state index contributed by atoms with van der Waals surface area (Å²) in [4.78, 5) is 26.5. The zero-order valence-electron chi connectivity index (χ0n) is 15.9. The molecule has 1 aromatic heterocycles. The molecule has 1 amide bonds. The summed E-state index contributed by atoms with van der Waals surface area (Å²) in [6.07, 6.45) is -1.49.